The van der Waals surface area contributed by atoms with E-state index in [4.69, 9.17) is 0 Å². The monoisotopic (exact) mass is 187 g/mol. The van der Waals surface area contributed by atoms with Crippen molar-refractivity contribution in [3.05, 3.63) is 0 Å². The minimum Gasteiger partial charge on any atom is -0.314 e. The fourth-order valence-electron chi connectivity index (χ4n) is 1.32. The van der Waals surface area contributed by atoms with Crippen LogP contribution in [0, 0.1) is 0 Å². The Labute approximate surface area is 82.9 Å². The van der Waals surface area contributed by atoms with E-state index in [2.05, 4.69) is 20.8 Å². The van der Waals surface area contributed by atoms with Gasteiger partial charge in [-0.1, -0.05) is 39.0 Å². The molecule has 0 amide bonds. The Bertz CT molecular complexity index is 121. The minimum atomic E-state index is -0.0633. The molecule has 0 aliphatic rings. The molecule has 1 N–H and O–H groups in total. The second-order valence-corrected chi connectivity index (χ2v) is 4.50. The van der Waals surface area contributed by atoms with Crippen LogP contribution < -0.4 is 0 Å². The molecular weight excluding hydrogens is 162 g/mol. The molecule has 0 unspecified atom stereocenters. The lowest BCUT2D eigenvalue weighted by Crippen LogP contribution is -2.38. The van der Waals surface area contributed by atoms with Gasteiger partial charge in [0.25, 0.3) is 0 Å². The summed E-state index contributed by atoms with van der Waals surface area (Å²) >= 11 is 0. The van der Waals surface area contributed by atoms with Gasteiger partial charge >= 0.3 is 0 Å². The number of hydrogen-bond donors (Lipinski definition) is 1. The molecule has 0 aliphatic heterocycles. The van der Waals surface area contributed by atoms with Crippen molar-refractivity contribution in [3.63, 3.8) is 0 Å². The van der Waals surface area contributed by atoms with Crippen molar-refractivity contribution in [3.8, 4) is 0 Å². The molecule has 80 valence electrons. The molecule has 0 aliphatic carbocycles. The van der Waals surface area contributed by atoms with E-state index in [9.17, 15) is 5.21 Å². The first kappa shape index (κ1) is 12.9. The van der Waals surface area contributed by atoms with Gasteiger partial charge in [-0.15, -0.1) is 0 Å². The van der Waals surface area contributed by atoms with Crippen LogP contribution in [0.2, 0.25) is 0 Å². The first-order valence-corrected chi connectivity index (χ1v) is 5.43. The lowest BCUT2D eigenvalue weighted by molar-refractivity contribution is -0.142. The Morgan fingerprint density at radius 1 is 1.08 bits per heavy atom. The highest BCUT2D eigenvalue weighted by molar-refractivity contribution is 4.73. The maximum absolute atomic E-state index is 9.32. The van der Waals surface area contributed by atoms with Gasteiger partial charge in [-0.3, -0.25) is 0 Å². The largest absolute Gasteiger partial charge is 0.314 e. The summed E-state index contributed by atoms with van der Waals surface area (Å²) < 4.78 is 0. The van der Waals surface area contributed by atoms with Crippen LogP contribution in [-0.4, -0.2) is 22.9 Å². The van der Waals surface area contributed by atoms with Gasteiger partial charge < -0.3 is 5.21 Å². The standard InChI is InChI=1S/C11H25NO/c1-5-6-7-8-9-10-11(2,3)12(4)13/h13H,5-10H2,1-4H3. The Hall–Kier alpha value is -0.0800. The maximum atomic E-state index is 9.32. The van der Waals surface area contributed by atoms with E-state index in [1.54, 1.807) is 7.05 Å². The van der Waals surface area contributed by atoms with Crippen LogP contribution in [0.25, 0.3) is 0 Å². The van der Waals surface area contributed by atoms with Gasteiger partial charge in [0.05, 0.1) is 0 Å². The summed E-state index contributed by atoms with van der Waals surface area (Å²) in [4.78, 5) is 0. The van der Waals surface area contributed by atoms with Crippen molar-refractivity contribution in [2.24, 2.45) is 0 Å². The Morgan fingerprint density at radius 2 is 1.62 bits per heavy atom. The molecule has 0 saturated carbocycles. The van der Waals surface area contributed by atoms with Gasteiger partial charge in [0, 0.05) is 12.6 Å². The molecule has 0 aromatic carbocycles. The number of hydrogen-bond acceptors (Lipinski definition) is 2. The highest BCUT2D eigenvalue weighted by atomic mass is 16.5. The third-order valence-electron chi connectivity index (χ3n) is 2.77. The molecule has 0 fully saturated rings. The summed E-state index contributed by atoms with van der Waals surface area (Å²) in [7, 11) is 1.73. The van der Waals surface area contributed by atoms with Crippen LogP contribution in [0.3, 0.4) is 0 Å². The first-order chi connectivity index (χ1) is 6.00. The van der Waals surface area contributed by atoms with Crippen LogP contribution >= 0.6 is 0 Å². The summed E-state index contributed by atoms with van der Waals surface area (Å²) in [6.07, 6.45) is 7.56. The molecule has 0 atom stereocenters. The second kappa shape index (κ2) is 6.39. The molecule has 0 saturated heterocycles. The zero-order chi connectivity index (χ0) is 10.3. The van der Waals surface area contributed by atoms with E-state index in [1.807, 2.05) is 0 Å². The van der Waals surface area contributed by atoms with Crippen molar-refractivity contribution in [2.45, 2.75) is 64.8 Å². The first-order valence-electron chi connectivity index (χ1n) is 5.43. The predicted molar refractivity (Wildman–Crippen MR) is 57.0 cm³/mol. The average molecular weight is 187 g/mol. The molecule has 13 heavy (non-hydrogen) atoms. The topological polar surface area (TPSA) is 23.5 Å². The van der Waals surface area contributed by atoms with Crippen LogP contribution in [0.4, 0.5) is 0 Å². The van der Waals surface area contributed by atoms with Crippen molar-refractivity contribution in [1.29, 1.82) is 0 Å². The summed E-state index contributed by atoms with van der Waals surface area (Å²) in [6.45, 7) is 6.38. The molecule has 0 rings (SSSR count). The third kappa shape index (κ3) is 6.05. The maximum Gasteiger partial charge on any atom is 0.0401 e. The van der Waals surface area contributed by atoms with E-state index in [0.29, 0.717) is 0 Å². The zero-order valence-electron chi connectivity index (χ0n) is 9.64. The van der Waals surface area contributed by atoms with Crippen molar-refractivity contribution in [2.75, 3.05) is 7.05 Å². The minimum absolute atomic E-state index is 0.0633. The number of hydroxylamine groups is 2. The van der Waals surface area contributed by atoms with E-state index >= 15 is 0 Å². The number of unbranched alkanes of at least 4 members (excludes halogenated alkanes) is 4. The fourth-order valence-corrected chi connectivity index (χ4v) is 1.32. The highest BCUT2D eigenvalue weighted by Gasteiger charge is 2.20. The number of rotatable bonds is 7. The van der Waals surface area contributed by atoms with Crippen LogP contribution in [0.5, 0.6) is 0 Å². The normalized spacial score (nSPS) is 12.5. The smallest absolute Gasteiger partial charge is 0.0401 e. The van der Waals surface area contributed by atoms with E-state index in [-0.39, 0.29) is 5.54 Å². The lowest BCUT2D eigenvalue weighted by atomic mass is 9.96. The zero-order valence-corrected chi connectivity index (χ0v) is 9.64. The fraction of sp³-hybridized carbons (Fsp3) is 1.00. The molecule has 0 radical (unpaired) electrons. The molecule has 2 heteroatoms. The highest BCUT2D eigenvalue weighted by Crippen LogP contribution is 2.19. The summed E-state index contributed by atoms with van der Waals surface area (Å²) in [6, 6.07) is 0. The lowest BCUT2D eigenvalue weighted by Gasteiger charge is -2.30. The van der Waals surface area contributed by atoms with Gasteiger partial charge in [0.15, 0.2) is 0 Å². The molecule has 0 aromatic rings. The Morgan fingerprint density at radius 3 is 2.08 bits per heavy atom. The molecular formula is C11H25NO. The molecule has 0 spiro atoms. The third-order valence-corrected chi connectivity index (χ3v) is 2.77. The van der Waals surface area contributed by atoms with Gasteiger partial charge in [0.1, 0.15) is 0 Å². The van der Waals surface area contributed by atoms with E-state index in [1.165, 1.54) is 37.2 Å². The Kier molecular flexibility index (Phi) is 6.35. The molecule has 0 heterocycles. The Balaban J connectivity index is 3.41. The second-order valence-electron chi connectivity index (χ2n) is 4.50. The quantitative estimate of drug-likeness (QED) is 0.487. The summed E-state index contributed by atoms with van der Waals surface area (Å²) in [5.41, 5.74) is -0.0633. The van der Waals surface area contributed by atoms with E-state index < -0.39 is 0 Å². The predicted octanol–water partition coefficient (Wildman–Crippen LogP) is 3.45. The summed E-state index contributed by atoms with van der Waals surface area (Å²) in [5, 5.41) is 10.6. The van der Waals surface area contributed by atoms with Gasteiger partial charge in [-0.25, -0.2) is 0 Å². The molecule has 0 bridgehead atoms. The molecule has 0 aromatic heterocycles. The van der Waals surface area contributed by atoms with Gasteiger partial charge in [-0.2, -0.15) is 5.06 Å². The van der Waals surface area contributed by atoms with Crippen molar-refractivity contribution in [1.82, 2.24) is 5.06 Å². The van der Waals surface area contributed by atoms with Crippen LogP contribution in [0.15, 0.2) is 0 Å². The van der Waals surface area contributed by atoms with Crippen LogP contribution in [-0.2, 0) is 0 Å². The van der Waals surface area contributed by atoms with Crippen LogP contribution in [0.1, 0.15) is 59.3 Å². The number of nitrogens with zero attached hydrogens (tertiary/aromatic N) is 1. The van der Waals surface area contributed by atoms with Crippen molar-refractivity contribution >= 4 is 0 Å². The van der Waals surface area contributed by atoms with E-state index in [0.717, 1.165) is 6.42 Å². The van der Waals surface area contributed by atoms with Gasteiger partial charge in [0.2, 0.25) is 0 Å². The van der Waals surface area contributed by atoms with Gasteiger partial charge in [-0.05, 0) is 20.3 Å². The summed E-state index contributed by atoms with van der Waals surface area (Å²) in [5.74, 6) is 0. The van der Waals surface area contributed by atoms with Crippen molar-refractivity contribution < 1.29 is 5.21 Å². The average Bonchev–Trinajstić information content (AvgIpc) is 2.03. The SMILES string of the molecule is CCCCCCCC(C)(C)N(C)O. The molecule has 2 nitrogen and oxygen atoms in total.